The average molecular weight is 426 g/mol. The van der Waals surface area contributed by atoms with Gasteiger partial charge in [-0.2, -0.15) is 0 Å². The van der Waals surface area contributed by atoms with Crippen LogP contribution in [-0.4, -0.2) is 42.5 Å². The minimum atomic E-state index is -0.790. The van der Waals surface area contributed by atoms with Crippen LogP contribution in [0.1, 0.15) is 62.0 Å². The van der Waals surface area contributed by atoms with Gasteiger partial charge in [-0.05, 0) is 53.3 Å². The van der Waals surface area contributed by atoms with E-state index in [1.807, 2.05) is 6.07 Å². The molecule has 0 aliphatic carbocycles. The van der Waals surface area contributed by atoms with Crippen LogP contribution < -0.4 is 5.32 Å². The van der Waals surface area contributed by atoms with Gasteiger partial charge in [-0.1, -0.05) is 48.5 Å². The fraction of sp³-hybridized carbons (Fsp3) is 0.400. The Morgan fingerprint density at radius 3 is 2.06 bits per heavy atom. The van der Waals surface area contributed by atoms with Gasteiger partial charge in [0.15, 0.2) is 5.78 Å². The molecule has 1 N–H and O–H groups in total. The molecular weight excluding hydrogens is 394 g/mol. The zero-order chi connectivity index (χ0) is 23.2. The highest BCUT2D eigenvalue weighted by molar-refractivity contribution is 6.09. The average Bonchev–Trinajstić information content (AvgIpc) is 2.72. The van der Waals surface area contributed by atoms with E-state index in [0.717, 1.165) is 0 Å². The summed E-state index contributed by atoms with van der Waals surface area (Å²) in [6, 6.07) is 15.1. The summed E-state index contributed by atoms with van der Waals surface area (Å²) in [5, 5.41) is 2.85. The molecule has 2 rings (SSSR count). The van der Waals surface area contributed by atoms with Crippen LogP contribution >= 0.6 is 0 Å². The van der Waals surface area contributed by atoms with E-state index >= 15 is 0 Å². The number of likely N-dealkylation sites (N-methyl/N-ethyl adjacent to an activating group) is 1. The maximum atomic E-state index is 12.7. The van der Waals surface area contributed by atoms with Crippen molar-refractivity contribution >= 4 is 17.7 Å². The number of esters is 2. The first-order valence-electron chi connectivity index (χ1n) is 10.3. The molecule has 0 bridgehead atoms. The normalized spacial score (nSPS) is 14.3. The van der Waals surface area contributed by atoms with Gasteiger partial charge in [-0.3, -0.25) is 14.4 Å². The summed E-state index contributed by atoms with van der Waals surface area (Å²) in [5.74, 6) is -1.70. The zero-order valence-electron chi connectivity index (χ0n) is 19.0. The number of benzene rings is 2. The highest BCUT2D eigenvalue weighted by atomic mass is 16.6. The second kappa shape index (κ2) is 10.4. The van der Waals surface area contributed by atoms with Crippen molar-refractivity contribution in [2.45, 2.75) is 58.3 Å². The summed E-state index contributed by atoms with van der Waals surface area (Å²) >= 11 is 0. The van der Waals surface area contributed by atoms with E-state index in [4.69, 9.17) is 9.47 Å². The fourth-order valence-electron chi connectivity index (χ4n) is 3.10. The monoisotopic (exact) mass is 425 g/mol. The third kappa shape index (κ3) is 6.76. The van der Waals surface area contributed by atoms with Crippen molar-refractivity contribution in [1.82, 2.24) is 5.32 Å². The van der Waals surface area contributed by atoms with Gasteiger partial charge in [0.05, 0.1) is 5.92 Å². The van der Waals surface area contributed by atoms with Crippen molar-refractivity contribution in [1.29, 1.82) is 0 Å². The molecule has 0 amide bonds. The summed E-state index contributed by atoms with van der Waals surface area (Å²) < 4.78 is 10.9. The third-order valence-electron chi connectivity index (χ3n) is 4.78. The third-order valence-corrected chi connectivity index (χ3v) is 4.78. The molecule has 0 radical (unpaired) electrons. The van der Waals surface area contributed by atoms with Crippen LogP contribution in [0.15, 0.2) is 54.6 Å². The molecule has 0 heterocycles. The molecule has 6 nitrogen and oxygen atoms in total. The van der Waals surface area contributed by atoms with Gasteiger partial charge in [-0.15, -0.1) is 0 Å². The second-order valence-electron chi connectivity index (χ2n) is 8.48. The lowest BCUT2D eigenvalue weighted by atomic mass is 9.95. The molecule has 0 aliphatic heterocycles. The van der Waals surface area contributed by atoms with Crippen molar-refractivity contribution in [2.24, 2.45) is 0 Å². The Bertz CT molecular complexity index is 917. The number of hydrogen-bond donors (Lipinski definition) is 1. The van der Waals surface area contributed by atoms with Crippen LogP contribution in [0, 0.1) is 0 Å². The Balaban J connectivity index is 2.10. The standard InChI is InChI=1S/C25H31NO5/c1-16(23(28)30-17(2)21(26-6)24(29)31-25(3,4)5)19-13-10-14-20(15-19)22(27)18-11-8-7-9-12-18/h7-17,21,26H,1-6H3/t16?,17-,21+/m1/s1. The quantitative estimate of drug-likeness (QED) is 0.511. The van der Waals surface area contributed by atoms with E-state index in [9.17, 15) is 14.4 Å². The van der Waals surface area contributed by atoms with Gasteiger partial charge < -0.3 is 14.8 Å². The predicted octanol–water partition coefficient (Wildman–Crippen LogP) is 3.88. The maximum absolute atomic E-state index is 12.7. The molecule has 2 aromatic carbocycles. The van der Waals surface area contributed by atoms with E-state index in [1.165, 1.54) is 0 Å². The van der Waals surface area contributed by atoms with Crippen molar-refractivity contribution < 1.29 is 23.9 Å². The molecule has 1 unspecified atom stereocenters. The smallest absolute Gasteiger partial charge is 0.327 e. The minimum absolute atomic E-state index is 0.114. The molecular formula is C25H31NO5. The lowest BCUT2D eigenvalue weighted by Gasteiger charge is -2.27. The summed E-state index contributed by atoms with van der Waals surface area (Å²) in [4.78, 5) is 37.8. The molecule has 0 saturated carbocycles. The van der Waals surface area contributed by atoms with E-state index in [1.54, 1.807) is 90.2 Å². The number of nitrogens with one attached hydrogen (secondary N) is 1. The summed E-state index contributed by atoms with van der Waals surface area (Å²) in [6.45, 7) is 8.69. The van der Waals surface area contributed by atoms with Crippen LogP contribution in [0.25, 0.3) is 0 Å². The zero-order valence-corrected chi connectivity index (χ0v) is 19.0. The Morgan fingerprint density at radius 1 is 0.871 bits per heavy atom. The Labute approximate surface area is 183 Å². The molecule has 6 heteroatoms. The Kier molecular flexibility index (Phi) is 8.11. The van der Waals surface area contributed by atoms with E-state index in [2.05, 4.69) is 5.32 Å². The van der Waals surface area contributed by atoms with Gasteiger partial charge in [0, 0.05) is 11.1 Å². The summed E-state index contributed by atoms with van der Waals surface area (Å²) in [5.41, 5.74) is 1.10. The highest BCUT2D eigenvalue weighted by Gasteiger charge is 2.32. The van der Waals surface area contributed by atoms with Crippen LogP contribution in [0.3, 0.4) is 0 Å². The molecule has 0 fully saturated rings. The van der Waals surface area contributed by atoms with E-state index < -0.39 is 35.6 Å². The van der Waals surface area contributed by atoms with Crippen molar-refractivity contribution in [3.8, 4) is 0 Å². The summed E-state index contributed by atoms with van der Waals surface area (Å²) in [6.07, 6.45) is -0.732. The SMILES string of the molecule is CN[C@H](C(=O)OC(C)(C)C)[C@@H](C)OC(=O)C(C)c1cccc(C(=O)c2ccccc2)c1. The molecule has 166 valence electrons. The molecule has 0 aromatic heterocycles. The summed E-state index contributed by atoms with van der Waals surface area (Å²) in [7, 11) is 1.61. The van der Waals surface area contributed by atoms with Crippen LogP contribution in [0.4, 0.5) is 0 Å². The lowest BCUT2D eigenvalue weighted by Crippen LogP contribution is -2.48. The van der Waals surface area contributed by atoms with Gasteiger partial charge in [0.25, 0.3) is 0 Å². The fourth-order valence-corrected chi connectivity index (χ4v) is 3.10. The van der Waals surface area contributed by atoms with Crippen molar-refractivity contribution in [2.75, 3.05) is 7.05 Å². The molecule has 0 saturated heterocycles. The van der Waals surface area contributed by atoms with E-state index in [-0.39, 0.29) is 5.78 Å². The molecule has 0 spiro atoms. The molecule has 31 heavy (non-hydrogen) atoms. The number of carbonyl (C=O) groups is 3. The van der Waals surface area contributed by atoms with Gasteiger partial charge in [0.2, 0.25) is 0 Å². The molecule has 2 aromatic rings. The van der Waals surface area contributed by atoms with Gasteiger partial charge in [-0.25, -0.2) is 0 Å². The Hall–Kier alpha value is -2.99. The van der Waals surface area contributed by atoms with Crippen molar-refractivity contribution in [3.05, 3.63) is 71.3 Å². The van der Waals surface area contributed by atoms with E-state index in [0.29, 0.717) is 16.7 Å². The molecule has 3 atom stereocenters. The first kappa shape index (κ1) is 24.3. The number of hydrogen-bond acceptors (Lipinski definition) is 6. The maximum Gasteiger partial charge on any atom is 0.327 e. The first-order valence-corrected chi connectivity index (χ1v) is 10.3. The topological polar surface area (TPSA) is 81.7 Å². The number of ether oxygens (including phenoxy) is 2. The number of rotatable bonds is 8. The predicted molar refractivity (Wildman–Crippen MR) is 119 cm³/mol. The van der Waals surface area contributed by atoms with Crippen LogP contribution in [0.5, 0.6) is 0 Å². The largest absolute Gasteiger partial charge is 0.460 e. The van der Waals surface area contributed by atoms with Crippen LogP contribution in [-0.2, 0) is 19.1 Å². The van der Waals surface area contributed by atoms with Crippen LogP contribution in [0.2, 0.25) is 0 Å². The van der Waals surface area contributed by atoms with Gasteiger partial charge >= 0.3 is 11.9 Å². The number of ketones is 1. The first-order chi connectivity index (χ1) is 14.5. The number of carbonyl (C=O) groups excluding carboxylic acids is 3. The minimum Gasteiger partial charge on any atom is -0.460 e. The Morgan fingerprint density at radius 2 is 1.48 bits per heavy atom. The highest BCUT2D eigenvalue weighted by Crippen LogP contribution is 2.21. The lowest BCUT2D eigenvalue weighted by molar-refractivity contribution is -0.165. The molecule has 0 aliphatic rings. The van der Waals surface area contributed by atoms with Crippen molar-refractivity contribution in [3.63, 3.8) is 0 Å². The second-order valence-corrected chi connectivity index (χ2v) is 8.48. The van der Waals surface area contributed by atoms with Gasteiger partial charge in [0.1, 0.15) is 17.7 Å².